The highest BCUT2D eigenvalue weighted by Gasteiger charge is 2.20. The van der Waals surface area contributed by atoms with Crippen LogP contribution in [0.5, 0.6) is 0 Å². The number of hydrogen-bond donors (Lipinski definition) is 1. The molecule has 6 nitrogen and oxygen atoms in total. The van der Waals surface area contributed by atoms with Gasteiger partial charge in [-0.2, -0.15) is 0 Å². The van der Waals surface area contributed by atoms with E-state index in [1.165, 1.54) is 47.4 Å². The first-order valence-electron chi connectivity index (χ1n) is 8.44. The van der Waals surface area contributed by atoms with Crippen molar-refractivity contribution in [1.82, 2.24) is 4.90 Å². The van der Waals surface area contributed by atoms with Gasteiger partial charge in [0.05, 0.1) is 17.1 Å². The van der Waals surface area contributed by atoms with E-state index < -0.39 is 15.8 Å². The zero-order chi connectivity index (χ0) is 20.3. The first kappa shape index (κ1) is 19.6. The highest BCUT2D eigenvalue weighted by Crippen LogP contribution is 2.20. The smallest absolute Gasteiger partial charge is 0.262 e. The van der Waals surface area contributed by atoms with E-state index in [4.69, 9.17) is 4.42 Å². The van der Waals surface area contributed by atoms with Crippen molar-refractivity contribution >= 4 is 21.6 Å². The number of aryl methyl sites for hydroxylation is 1. The van der Waals surface area contributed by atoms with Gasteiger partial charge in [0, 0.05) is 12.6 Å². The van der Waals surface area contributed by atoms with Gasteiger partial charge < -0.3 is 9.32 Å². The number of rotatable bonds is 6. The minimum atomic E-state index is -4.05. The lowest BCUT2D eigenvalue weighted by atomic mass is 10.2. The van der Waals surface area contributed by atoms with Crippen molar-refractivity contribution in [2.24, 2.45) is 0 Å². The van der Waals surface area contributed by atoms with Gasteiger partial charge in [0.2, 0.25) is 0 Å². The zero-order valence-corrected chi connectivity index (χ0v) is 16.2. The maximum absolute atomic E-state index is 13.8. The third-order valence-electron chi connectivity index (χ3n) is 4.05. The summed E-state index contributed by atoms with van der Waals surface area (Å²) in [4.78, 5) is 13.9. The van der Waals surface area contributed by atoms with Crippen molar-refractivity contribution < 1.29 is 22.0 Å². The second-order valence-electron chi connectivity index (χ2n) is 6.29. The van der Waals surface area contributed by atoms with E-state index in [-0.39, 0.29) is 28.6 Å². The molecule has 3 aromatic rings. The van der Waals surface area contributed by atoms with Gasteiger partial charge >= 0.3 is 0 Å². The summed E-state index contributed by atoms with van der Waals surface area (Å²) < 4.78 is 46.6. The van der Waals surface area contributed by atoms with Gasteiger partial charge in [-0.3, -0.25) is 9.52 Å². The normalized spacial score (nSPS) is 11.2. The Labute approximate surface area is 162 Å². The largest absolute Gasteiger partial charge is 0.464 e. The molecule has 0 spiro atoms. The van der Waals surface area contributed by atoms with Crippen molar-refractivity contribution in [2.45, 2.75) is 18.4 Å². The van der Waals surface area contributed by atoms with Crippen LogP contribution in [-0.2, 0) is 16.6 Å². The Bertz CT molecular complexity index is 1110. The van der Waals surface area contributed by atoms with E-state index in [1.807, 2.05) is 6.92 Å². The fraction of sp³-hybridized carbons (Fsp3) is 0.150. The zero-order valence-electron chi connectivity index (χ0n) is 15.3. The molecule has 8 heteroatoms. The summed E-state index contributed by atoms with van der Waals surface area (Å²) in [6.45, 7) is 2.05. The molecular weight excluding hydrogens is 383 g/mol. The molecule has 146 valence electrons. The monoisotopic (exact) mass is 402 g/mol. The number of carbonyl (C=O) groups is 1. The second-order valence-corrected chi connectivity index (χ2v) is 7.97. The minimum absolute atomic E-state index is 0.135. The quantitative estimate of drug-likeness (QED) is 0.680. The number of anilines is 1. The molecule has 0 atom stereocenters. The highest BCUT2D eigenvalue weighted by molar-refractivity contribution is 7.92. The topological polar surface area (TPSA) is 79.6 Å². The minimum Gasteiger partial charge on any atom is -0.464 e. The third-order valence-corrected chi connectivity index (χ3v) is 5.41. The number of para-hydroxylation sites is 1. The van der Waals surface area contributed by atoms with Gasteiger partial charge in [-0.25, -0.2) is 12.8 Å². The number of carbonyl (C=O) groups excluding carboxylic acids is 1. The van der Waals surface area contributed by atoms with Crippen LogP contribution >= 0.6 is 0 Å². The van der Waals surface area contributed by atoms with Gasteiger partial charge in [-0.1, -0.05) is 18.2 Å². The van der Waals surface area contributed by atoms with Crippen molar-refractivity contribution in [1.29, 1.82) is 0 Å². The van der Waals surface area contributed by atoms with E-state index in [1.54, 1.807) is 19.2 Å². The summed E-state index contributed by atoms with van der Waals surface area (Å²) in [6, 6.07) is 14.6. The van der Waals surface area contributed by atoms with E-state index in [2.05, 4.69) is 4.72 Å². The summed E-state index contributed by atoms with van der Waals surface area (Å²) >= 11 is 0. The predicted octanol–water partition coefficient (Wildman–Crippen LogP) is 3.80. The van der Waals surface area contributed by atoms with Crippen LogP contribution in [0.2, 0.25) is 0 Å². The summed E-state index contributed by atoms with van der Waals surface area (Å²) in [5.41, 5.74) is 0.0340. The predicted molar refractivity (Wildman–Crippen MR) is 103 cm³/mol. The molecule has 0 aliphatic rings. The average Bonchev–Trinajstić information content (AvgIpc) is 3.07. The Morgan fingerprint density at radius 1 is 1.11 bits per heavy atom. The van der Waals surface area contributed by atoms with Crippen LogP contribution in [0, 0.1) is 12.7 Å². The second kappa shape index (κ2) is 7.85. The van der Waals surface area contributed by atoms with E-state index in [9.17, 15) is 17.6 Å². The van der Waals surface area contributed by atoms with Crippen LogP contribution in [0.25, 0.3) is 0 Å². The first-order chi connectivity index (χ1) is 13.3. The molecule has 0 aliphatic carbocycles. The highest BCUT2D eigenvalue weighted by atomic mass is 32.2. The number of benzene rings is 2. The summed E-state index contributed by atoms with van der Waals surface area (Å²) in [7, 11) is -2.46. The molecule has 3 rings (SSSR count). The molecule has 0 aliphatic heterocycles. The Hall–Kier alpha value is -3.13. The van der Waals surface area contributed by atoms with Crippen molar-refractivity contribution in [3.63, 3.8) is 0 Å². The molecule has 1 N–H and O–H groups in total. The molecule has 28 heavy (non-hydrogen) atoms. The lowest BCUT2D eigenvalue weighted by Crippen LogP contribution is -2.26. The lowest BCUT2D eigenvalue weighted by Gasteiger charge is -2.16. The Morgan fingerprint density at radius 3 is 2.54 bits per heavy atom. The average molecular weight is 402 g/mol. The molecular formula is C20H19FN2O4S. The van der Waals surface area contributed by atoms with Crippen LogP contribution in [0.4, 0.5) is 10.1 Å². The Kier molecular flexibility index (Phi) is 5.51. The van der Waals surface area contributed by atoms with E-state index in [0.717, 1.165) is 11.8 Å². The van der Waals surface area contributed by atoms with Crippen LogP contribution in [0.15, 0.2) is 70.0 Å². The number of nitrogens with one attached hydrogen (secondary N) is 1. The molecule has 0 unspecified atom stereocenters. The third kappa shape index (κ3) is 4.40. The number of halogens is 1. The van der Waals surface area contributed by atoms with Crippen molar-refractivity contribution in [3.8, 4) is 0 Å². The van der Waals surface area contributed by atoms with Gasteiger partial charge in [0.25, 0.3) is 15.9 Å². The van der Waals surface area contributed by atoms with Crippen LogP contribution < -0.4 is 4.72 Å². The molecule has 1 amide bonds. The number of nitrogens with zero attached hydrogens (tertiary/aromatic N) is 1. The summed E-state index contributed by atoms with van der Waals surface area (Å²) in [5, 5.41) is 0. The molecule has 1 heterocycles. The molecule has 0 radical (unpaired) electrons. The molecule has 0 saturated carbocycles. The number of hydrogen-bond acceptors (Lipinski definition) is 4. The van der Waals surface area contributed by atoms with E-state index >= 15 is 0 Å². The first-order valence-corrected chi connectivity index (χ1v) is 9.93. The number of sulfonamides is 1. The molecule has 0 fully saturated rings. The maximum Gasteiger partial charge on any atom is 0.262 e. The molecule has 0 saturated heterocycles. The lowest BCUT2D eigenvalue weighted by molar-refractivity contribution is 0.0774. The van der Waals surface area contributed by atoms with Gasteiger partial charge in [0.1, 0.15) is 17.3 Å². The van der Waals surface area contributed by atoms with Gasteiger partial charge in [0.15, 0.2) is 0 Å². The number of amides is 1. The Balaban J connectivity index is 1.81. The van der Waals surface area contributed by atoms with Crippen LogP contribution in [0.3, 0.4) is 0 Å². The van der Waals surface area contributed by atoms with Crippen LogP contribution in [-0.4, -0.2) is 26.3 Å². The molecule has 0 bridgehead atoms. The summed E-state index contributed by atoms with van der Waals surface area (Å²) in [5.74, 6) is 0.310. The van der Waals surface area contributed by atoms with Gasteiger partial charge in [-0.15, -0.1) is 0 Å². The summed E-state index contributed by atoms with van der Waals surface area (Å²) in [6.07, 6.45) is 0. The maximum atomic E-state index is 13.8. The van der Waals surface area contributed by atoms with Crippen LogP contribution in [0.1, 0.15) is 21.9 Å². The number of furan rings is 1. The fourth-order valence-corrected chi connectivity index (χ4v) is 3.75. The van der Waals surface area contributed by atoms with E-state index in [0.29, 0.717) is 5.76 Å². The fourth-order valence-electron chi connectivity index (χ4n) is 2.64. The van der Waals surface area contributed by atoms with Crippen molar-refractivity contribution in [3.05, 3.63) is 83.6 Å². The molecule has 2 aromatic carbocycles. The van der Waals surface area contributed by atoms with Gasteiger partial charge in [-0.05, 0) is 49.4 Å². The SMILES string of the molecule is Cc1ccc(CN(C)C(=O)c2cccc(S(=O)(=O)Nc3ccccc3F)c2)o1. The van der Waals surface area contributed by atoms with Crippen molar-refractivity contribution in [2.75, 3.05) is 11.8 Å². The Morgan fingerprint density at radius 2 is 1.86 bits per heavy atom. The standard InChI is InChI=1S/C20H19FN2O4S/c1-14-10-11-16(27-14)13-23(2)20(24)15-6-5-7-17(12-15)28(25,26)22-19-9-4-3-8-18(19)21/h3-12,22H,13H2,1-2H3. The molecule has 1 aromatic heterocycles.